The highest BCUT2D eigenvalue weighted by Gasteiger charge is 2.39. The Bertz CT molecular complexity index is 1180. The van der Waals surface area contributed by atoms with Crippen LogP contribution in [0.3, 0.4) is 0 Å². The van der Waals surface area contributed by atoms with Gasteiger partial charge in [0.2, 0.25) is 11.8 Å². The molecule has 4 rings (SSSR count). The molecule has 3 N–H and O–H groups in total. The molecule has 0 aromatic heterocycles. The van der Waals surface area contributed by atoms with Crippen LogP contribution in [0, 0.1) is 18.4 Å². The van der Waals surface area contributed by atoms with Crippen molar-refractivity contribution in [1.82, 2.24) is 16.0 Å². The SMILES string of the molecule is CC1=C([C@@H](Cc2ccccc2)C(=O)N[C@@H](C)C2=C(F)C=C(F)C[CH]2)C(=O)N[C]2C=CNC(F)=C21.[HH].[HH]. The molecule has 0 fully saturated rings. The van der Waals surface area contributed by atoms with E-state index in [2.05, 4.69) is 16.0 Å². The quantitative estimate of drug-likeness (QED) is 0.522. The normalized spacial score (nSPS) is 20.4. The topological polar surface area (TPSA) is 70.2 Å². The van der Waals surface area contributed by atoms with Gasteiger partial charge in [0.1, 0.15) is 17.7 Å². The smallest absolute Gasteiger partial charge is 0.249 e. The summed E-state index contributed by atoms with van der Waals surface area (Å²) in [4.78, 5) is 26.6. The molecule has 2 heterocycles. The predicted molar refractivity (Wildman–Crippen MR) is 126 cm³/mol. The highest BCUT2D eigenvalue weighted by atomic mass is 19.1. The van der Waals surface area contributed by atoms with Gasteiger partial charge in [-0.15, -0.1) is 0 Å². The number of amides is 2. The molecule has 2 aliphatic heterocycles. The molecule has 0 unspecified atom stereocenters. The first-order valence-electron chi connectivity index (χ1n) is 10.9. The van der Waals surface area contributed by atoms with Crippen LogP contribution in [0.25, 0.3) is 0 Å². The Balaban J connectivity index is 0.00000228. The Morgan fingerprint density at radius 1 is 1.21 bits per heavy atom. The Labute approximate surface area is 199 Å². The fraction of sp³-hybridized carbons (Fsp3) is 0.231. The van der Waals surface area contributed by atoms with Gasteiger partial charge in [-0.05, 0) is 49.5 Å². The molecule has 5 nitrogen and oxygen atoms in total. The Morgan fingerprint density at radius 2 is 1.94 bits per heavy atom. The molecule has 1 aromatic rings. The van der Waals surface area contributed by atoms with Crippen LogP contribution in [0.5, 0.6) is 0 Å². The van der Waals surface area contributed by atoms with E-state index in [-0.39, 0.29) is 32.4 Å². The lowest BCUT2D eigenvalue weighted by atomic mass is 9.80. The standard InChI is InChI=1S/C26H24F3N3O2.2H2/c1-14-22(26(34)32-21-10-11-30-24(29)23(14)21)19(12-16-6-4-3-5-7-16)25(33)31-15(2)18-9-8-17(27)13-20(18)28;;/h3-7,9-11,13,15,19,30H,8,12H2,1-2H3,(H,31,33)(H,32,34);2*1H/t15-,19+;;/m0../s1. The van der Waals surface area contributed by atoms with Gasteiger partial charge in [-0.2, -0.15) is 4.39 Å². The number of rotatable bonds is 6. The van der Waals surface area contributed by atoms with E-state index in [1.165, 1.54) is 12.6 Å². The first-order chi connectivity index (χ1) is 16.3. The summed E-state index contributed by atoms with van der Waals surface area (Å²) < 4.78 is 42.3. The summed E-state index contributed by atoms with van der Waals surface area (Å²) in [5, 5.41) is 7.91. The highest BCUT2D eigenvalue weighted by molar-refractivity contribution is 6.04. The first-order valence-corrected chi connectivity index (χ1v) is 10.9. The van der Waals surface area contributed by atoms with Gasteiger partial charge < -0.3 is 16.0 Å². The molecule has 0 bridgehead atoms. The number of hydrogen-bond acceptors (Lipinski definition) is 3. The van der Waals surface area contributed by atoms with Crippen LogP contribution in [0.15, 0.2) is 88.6 Å². The lowest BCUT2D eigenvalue weighted by Gasteiger charge is -2.32. The molecule has 2 amide bonds. The van der Waals surface area contributed by atoms with Crippen LogP contribution in [-0.2, 0) is 16.0 Å². The van der Waals surface area contributed by atoms with E-state index in [0.29, 0.717) is 11.6 Å². The minimum Gasteiger partial charge on any atom is -0.349 e. The number of carbonyl (C=O) groups excluding carboxylic acids is 2. The summed E-state index contributed by atoms with van der Waals surface area (Å²) in [6, 6.07) is 8.67. The number of nitrogens with one attached hydrogen (secondary N) is 3. The van der Waals surface area contributed by atoms with Crippen molar-refractivity contribution in [3.8, 4) is 0 Å². The Kier molecular flexibility index (Phi) is 6.77. The fourth-order valence-corrected chi connectivity index (χ4v) is 4.39. The monoisotopic (exact) mass is 471 g/mol. The summed E-state index contributed by atoms with van der Waals surface area (Å²) in [6.45, 7) is 3.19. The van der Waals surface area contributed by atoms with Crippen molar-refractivity contribution in [2.24, 2.45) is 5.92 Å². The number of halogens is 3. The number of dihydropyridines is 1. The number of carbonyl (C=O) groups is 2. The van der Waals surface area contributed by atoms with Crippen LogP contribution < -0.4 is 16.0 Å². The lowest BCUT2D eigenvalue weighted by Crippen LogP contribution is -2.46. The first kappa shape index (κ1) is 23.6. The van der Waals surface area contributed by atoms with Crippen molar-refractivity contribution >= 4 is 11.8 Å². The van der Waals surface area contributed by atoms with Crippen LogP contribution in [-0.4, -0.2) is 17.9 Å². The second kappa shape index (κ2) is 9.75. The lowest BCUT2D eigenvalue weighted by molar-refractivity contribution is -0.127. The highest BCUT2D eigenvalue weighted by Crippen LogP contribution is 2.37. The van der Waals surface area contributed by atoms with Crippen LogP contribution in [0.4, 0.5) is 13.2 Å². The van der Waals surface area contributed by atoms with Gasteiger partial charge in [0.25, 0.3) is 0 Å². The molecule has 180 valence electrons. The molecule has 0 saturated carbocycles. The second-order valence-corrected chi connectivity index (χ2v) is 8.35. The summed E-state index contributed by atoms with van der Waals surface area (Å²) in [5.41, 5.74) is 1.63. The molecule has 34 heavy (non-hydrogen) atoms. The second-order valence-electron chi connectivity index (χ2n) is 8.35. The summed E-state index contributed by atoms with van der Waals surface area (Å²) in [5.74, 6) is -3.98. The fourth-order valence-electron chi connectivity index (χ4n) is 4.39. The number of allylic oxidation sites excluding steroid dienone is 3. The average molecular weight is 472 g/mol. The minimum atomic E-state index is -0.975. The number of fused-ring (bicyclic) bond motifs is 1. The molecule has 3 aliphatic rings. The van der Waals surface area contributed by atoms with E-state index in [1.54, 1.807) is 19.9 Å². The number of hydrogen-bond donors (Lipinski definition) is 3. The van der Waals surface area contributed by atoms with Crippen LogP contribution in [0.1, 0.15) is 28.7 Å². The van der Waals surface area contributed by atoms with Gasteiger partial charge in [-0.25, -0.2) is 8.78 Å². The van der Waals surface area contributed by atoms with Crippen LogP contribution >= 0.6 is 0 Å². The maximum Gasteiger partial charge on any atom is 0.249 e. The molecular formula is C26H28F3N3O2. The summed E-state index contributed by atoms with van der Waals surface area (Å²) in [7, 11) is 0. The van der Waals surface area contributed by atoms with E-state index in [4.69, 9.17) is 0 Å². The van der Waals surface area contributed by atoms with Gasteiger partial charge in [0.15, 0.2) is 5.95 Å². The third-order valence-corrected chi connectivity index (χ3v) is 6.07. The summed E-state index contributed by atoms with van der Waals surface area (Å²) in [6.07, 6.45) is 5.23. The molecule has 2 radical (unpaired) electrons. The van der Waals surface area contributed by atoms with Crippen molar-refractivity contribution in [3.63, 3.8) is 0 Å². The van der Waals surface area contributed by atoms with E-state index in [0.717, 1.165) is 11.6 Å². The van der Waals surface area contributed by atoms with Gasteiger partial charge >= 0.3 is 0 Å². The largest absolute Gasteiger partial charge is 0.349 e. The Hall–Kier alpha value is -3.55. The van der Waals surface area contributed by atoms with Gasteiger partial charge in [0.05, 0.1) is 12.0 Å². The van der Waals surface area contributed by atoms with E-state index in [9.17, 15) is 22.8 Å². The van der Waals surface area contributed by atoms with E-state index < -0.39 is 41.4 Å². The maximum atomic E-state index is 14.6. The molecule has 0 spiro atoms. The van der Waals surface area contributed by atoms with Gasteiger partial charge in [-0.3, -0.25) is 9.59 Å². The van der Waals surface area contributed by atoms with E-state index in [1.807, 2.05) is 30.3 Å². The van der Waals surface area contributed by atoms with Crippen molar-refractivity contribution in [3.05, 3.63) is 107 Å². The van der Waals surface area contributed by atoms with Gasteiger partial charge in [0, 0.05) is 32.7 Å². The van der Waals surface area contributed by atoms with E-state index >= 15 is 0 Å². The Morgan fingerprint density at radius 3 is 2.65 bits per heavy atom. The molecule has 8 heteroatoms. The molecular weight excluding hydrogens is 443 g/mol. The zero-order valence-electron chi connectivity index (χ0n) is 18.7. The molecule has 2 atom stereocenters. The average Bonchev–Trinajstić information content (AvgIpc) is 2.78. The molecule has 1 aliphatic carbocycles. The zero-order valence-corrected chi connectivity index (χ0v) is 18.7. The third-order valence-electron chi connectivity index (χ3n) is 6.07. The summed E-state index contributed by atoms with van der Waals surface area (Å²) >= 11 is 0. The minimum absolute atomic E-state index is 0. The molecule has 1 aromatic carbocycles. The van der Waals surface area contributed by atoms with Crippen molar-refractivity contribution in [2.45, 2.75) is 32.7 Å². The third kappa shape index (κ3) is 4.71. The zero-order chi connectivity index (χ0) is 24.4. The maximum absolute atomic E-state index is 14.6. The van der Waals surface area contributed by atoms with Crippen molar-refractivity contribution in [1.29, 1.82) is 0 Å². The van der Waals surface area contributed by atoms with Crippen molar-refractivity contribution in [2.75, 3.05) is 0 Å². The van der Waals surface area contributed by atoms with Crippen molar-refractivity contribution < 1.29 is 25.6 Å². The van der Waals surface area contributed by atoms with Gasteiger partial charge in [-0.1, -0.05) is 30.3 Å². The predicted octanol–water partition coefficient (Wildman–Crippen LogP) is 4.80. The number of benzene rings is 1. The van der Waals surface area contributed by atoms with Crippen LogP contribution in [0.2, 0.25) is 0 Å². The molecule has 0 saturated heterocycles.